The van der Waals surface area contributed by atoms with Gasteiger partial charge in [0.2, 0.25) is 0 Å². The molecule has 0 fully saturated rings. The SMILES string of the molecule is c1ccc(-c2cc3c4c(cccc4c2)N(c2ccccn2)c2ncncc2-3)cc1. The van der Waals surface area contributed by atoms with E-state index < -0.39 is 0 Å². The van der Waals surface area contributed by atoms with Gasteiger partial charge < -0.3 is 0 Å². The zero-order chi connectivity index (χ0) is 19.2. The maximum atomic E-state index is 4.64. The molecule has 0 amide bonds. The van der Waals surface area contributed by atoms with Crippen molar-refractivity contribution < 1.29 is 0 Å². The second-order valence-electron chi connectivity index (χ2n) is 7.05. The Balaban J connectivity index is 1.71. The van der Waals surface area contributed by atoms with Crippen LogP contribution in [0, 0.1) is 0 Å². The van der Waals surface area contributed by atoms with E-state index in [1.807, 2.05) is 36.7 Å². The topological polar surface area (TPSA) is 41.9 Å². The fourth-order valence-corrected chi connectivity index (χ4v) is 4.13. The lowest BCUT2D eigenvalue weighted by atomic mass is 9.90. The molecule has 2 aromatic heterocycles. The zero-order valence-electron chi connectivity index (χ0n) is 15.5. The molecule has 3 heterocycles. The summed E-state index contributed by atoms with van der Waals surface area (Å²) in [6, 6.07) is 27.3. The van der Waals surface area contributed by atoms with Crippen molar-refractivity contribution in [2.24, 2.45) is 0 Å². The quantitative estimate of drug-likeness (QED) is 0.366. The Kier molecular flexibility index (Phi) is 3.43. The van der Waals surface area contributed by atoms with Gasteiger partial charge in [-0.05, 0) is 52.4 Å². The molecule has 0 bridgehead atoms. The van der Waals surface area contributed by atoms with Crippen LogP contribution in [0.2, 0.25) is 0 Å². The Hall–Kier alpha value is -4.05. The third-order valence-corrected chi connectivity index (χ3v) is 5.37. The first-order valence-electron chi connectivity index (χ1n) is 9.54. The molecule has 0 saturated carbocycles. The van der Waals surface area contributed by atoms with Crippen molar-refractivity contribution in [1.29, 1.82) is 0 Å². The van der Waals surface area contributed by atoms with E-state index in [1.54, 1.807) is 6.33 Å². The van der Waals surface area contributed by atoms with Crippen LogP contribution >= 0.6 is 0 Å². The Morgan fingerprint density at radius 3 is 2.45 bits per heavy atom. The molecular formula is C25H16N4. The molecule has 0 unspecified atom stereocenters. The van der Waals surface area contributed by atoms with Gasteiger partial charge in [-0.1, -0.05) is 48.5 Å². The van der Waals surface area contributed by atoms with E-state index in [9.17, 15) is 0 Å². The Morgan fingerprint density at radius 2 is 1.59 bits per heavy atom. The highest BCUT2D eigenvalue weighted by molar-refractivity contribution is 6.14. The highest BCUT2D eigenvalue weighted by Gasteiger charge is 2.28. The first kappa shape index (κ1) is 16.0. The first-order valence-corrected chi connectivity index (χ1v) is 9.54. The fourth-order valence-electron chi connectivity index (χ4n) is 4.13. The average molecular weight is 372 g/mol. The second-order valence-corrected chi connectivity index (χ2v) is 7.05. The van der Waals surface area contributed by atoms with Gasteiger partial charge in [0, 0.05) is 23.3 Å². The summed E-state index contributed by atoms with van der Waals surface area (Å²) in [6.45, 7) is 0. The van der Waals surface area contributed by atoms with Crippen LogP contribution in [0.3, 0.4) is 0 Å². The van der Waals surface area contributed by atoms with E-state index in [0.717, 1.165) is 28.5 Å². The number of anilines is 3. The molecule has 5 aromatic rings. The number of pyridine rings is 1. The van der Waals surface area contributed by atoms with Gasteiger partial charge in [0.15, 0.2) is 0 Å². The minimum absolute atomic E-state index is 0.845. The second kappa shape index (κ2) is 6.24. The monoisotopic (exact) mass is 372 g/mol. The molecule has 4 heteroatoms. The third-order valence-electron chi connectivity index (χ3n) is 5.37. The Morgan fingerprint density at radius 1 is 0.690 bits per heavy atom. The van der Waals surface area contributed by atoms with E-state index >= 15 is 0 Å². The van der Waals surface area contributed by atoms with Crippen LogP contribution in [0.1, 0.15) is 0 Å². The van der Waals surface area contributed by atoms with Gasteiger partial charge in [0.1, 0.15) is 18.0 Å². The van der Waals surface area contributed by atoms with Crippen molar-refractivity contribution in [3.63, 3.8) is 0 Å². The maximum Gasteiger partial charge on any atom is 0.150 e. The number of rotatable bonds is 2. The lowest BCUT2D eigenvalue weighted by Crippen LogP contribution is -2.17. The highest BCUT2D eigenvalue weighted by atomic mass is 15.3. The number of aromatic nitrogens is 3. The molecule has 0 aliphatic carbocycles. The molecule has 4 nitrogen and oxygen atoms in total. The van der Waals surface area contributed by atoms with Gasteiger partial charge in [0.05, 0.1) is 5.69 Å². The van der Waals surface area contributed by atoms with Crippen LogP contribution < -0.4 is 4.90 Å². The molecule has 6 rings (SSSR count). The van der Waals surface area contributed by atoms with Crippen LogP contribution in [-0.4, -0.2) is 15.0 Å². The van der Waals surface area contributed by atoms with Crippen molar-refractivity contribution in [2.45, 2.75) is 0 Å². The van der Waals surface area contributed by atoms with Crippen molar-refractivity contribution >= 4 is 28.1 Å². The molecule has 1 aliphatic heterocycles. The highest BCUT2D eigenvalue weighted by Crippen LogP contribution is 2.50. The molecule has 136 valence electrons. The van der Waals surface area contributed by atoms with Crippen LogP contribution in [0.4, 0.5) is 17.3 Å². The molecule has 0 spiro atoms. The molecule has 3 aromatic carbocycles. The molecule has 0 saturated heterocycles. The van der Waals surface area contributed by atoms with Gasteiger partial charge in [-0.25, -0.2) is 15.0 Å². The van der Waals surface area contributed by atoms with Crippen molar-refractivity contribution in [3.05, 3.63) is 97.6 Å². The predicted molar refractivity (Wildman–Crippen MR) is 116 cm³/mol. The third kappa shape index (κ3) is 2.43. The Bertz CT molecular complexity index is 1350. The van der Waals surface area contributed by atoms with Gasteiger partial charge in [-0.2, -0.15) is 0 Å². The summed E-state index contributed by atoms with van der Waals surface area (Å²) in [5.41, 5.74) is 5.63. The summed E-state index contributed by atoms with van der Waals surface area (Å²) in [5, 5.41) is 2.38. The van der Waals surface area contributed by atoms with Gasteiger partial charge in [0.25, 0.3) is 0 Å². The summed E-state index contributed by atoms with van der Waals surface area (Å²) < 4.78 is 0. The van der Waals surface area contributed by atoms with E-state index in [0.29, 0.717) is 0 Å². The maximum absolute atomic E-state index is 4.64. The lowest BCUT2D eigenvalue weighted by Gasteiger charge is -2.31. The number of hydrogen-bond donors (Lipinski definition) is 0. The molecule has 29 heavy (non-hydrogen) atoms. The number of hydrogen-bond acceptors (Lipinski definition) is 4. The Labute approximate surface area is 168 Å². The fraction of sp³-hybridized carbons (Fsp3) is 0. The van der Waals surface area contributed by atoms with Crippen molar-refractivity contribution in [1.82, 2.24) is 15.0 Å². The van der Waals surface area contributed by atoms with Gasteiger partial charge >= 0.3 is 0 Å². The molecule has 0 N–H and O–H groups in total. The minimum Gasteiger partial charge on any atom is -0.278 e. The van der Waals surface area contributed by atoms with Crippen LogP contribution in [-0.2, 0) is 0 Å². The predicted octanol–water partition coefficient (Wildman–Crippen LogP) is 6.14. The molecular weight excluding hydrogens is 356 g/mol. The average Bonchev–Trinajstić information content (AvgIpc) is 2.80. The van der Waals surface area contributed by atoms with Crippen LogP contribution in [0.5, 0.6) is 0 Å². The molecule has 0 atom stereocenters. The number of benzene rings is 3. The van der Waals surface area contributed by atoms with E-state index in [2.05, 4.69) is 74.4 Å². The zero-order valence-corrected chi connectivity index (χ0v) is 15.5. The lowest BCUT2D eigenvalue weighted by molar-refractivity contribution is 1.08. The van der Waals surface area contributed by atoms with E-state index in [4.69, 9.17) is 0 Å². The van der Waals surface area contributed by atoms with Gasteiger partial charge in [-0.15, -0.1) is 0 Å². The summed E-state index contributed by atoms with van der Waals surface area (Å²) in [7, 11) is 0. The van der Waals surface area contributed by atoms with Gasteiger partial charge in [-0.3, -0.25) is 4.90 Å². The smallest absolute Gasteiger partial charge is 0.150 e. The summed E-state index contributed by atoms with van der Waals surface area (Å²) in [6.07, 6.45) is 5.31. The standard InChI is InChI=1S/C25H16N4/c1-2-7-17(8-3-1)19-13-18-9-6-10-22-24(18)20(14-19)21-15-26-16-28-25(21)29(22)23-11-4-5-12-27-23/h1-16H. The van der Waals surface area contributed by atoms with Crippen LogP contribution in [0.15, 0.2) is 97.6 Å². The summed E-state index contributed by atoms with van der Waals surface area (Å²) >= 11 is 0. The normalized spacial score (nSPS) is 12.1. The number of nitrogens with zero attached hydrogens (tertiary/aromatic N) is 4. The molecule has 0 radical (unpaired) electrons. The van der Waals surface area contributed by atoms with E-state index in [-0.39, 0.29) is 0 Å². The summed E-state index contributed by atoms with van der Waals surface area (Å²) in [5.74, 6) is 1.70. The largest absolute Gasteiger partial charge is 0.278 e. The first-order chi connectivity index (χ1) is 14.4. The van der Waals surface area contributed by atoms with Crippen LogP contribution in [0.25, 0.3) is 33.0 Å². The molecule has 1 aliphatic rings. The summed E-state index contributed by atoms with van der Waals surface area (Å²) in [4.78, 5) is 15.7. The van der Waals surface area contributed by atoms with E-state index in [1.165, 1.54) is 21.9 Å². The van der Waals surface area contributed by atoms with Crippen molar-refractivity contribution in [3.8, 4) is 22.3 Å². The minimum atomic E-state index is 0.845. The van der Waals surface area contributed by atoms with Crippen molar-refractivity contribution in [2.75, 3.05) is 4.90 Å². The number of fused-ring (bicyclic) bond motifs is 2.